The van der Waals surface area contributed by atoms with Crippen molar-refractivity contribution in [2.75, 3.05) is 4.90 Å². The minimum atomic E-state index is -0.401. The number of aryl methyl sites for hydroxylation is 1. The lowest BCUT2D eigenvalue weighted by molar-refractivity contribution is -0.384. The fourth-order valence-electron chi connectivity index (χ4n) is 5.47. The maximum Gasteiger partial charge on any atom is 0.269 e. The van der Waals surface area contributed by atoms with E-state index >= 15 is 0 Å². The zero-order chi connectivity index (χ0) is 29.4. The van der Waals surface area contributed by atoms with E-state index in [1.165, 1.54) is 36.0 Å². The highest BCUT2D eigenvalue weighted by molar-refractivity contribution is 7.99. The molecule has 0 unspecified atom stereocenters. The van der Waals surface area contributed by atoms with Gasteiger partial charge in [0.15, 0.2) is 5.11 Å². The molecule has 0 radical (unpaired) electrons. The number of non-ortho nitro benzene ring substituents is 1. The van der Waals surface area contributed by atoms with E-state index in [-0.39, 0.29) is 23.6 Å². The molecule has 6 rings (SSSR count). The summed E-state index contributed by atoms with van der Waals surface area (Å²) in [5, 5.41) is 15.1. The molecule has 0 saturated carbocycles. The van der Waals surface area contributed by atoms with E-state index in [2.05, 4.69) is 32.8 Å². The molecule has 42 heavy (non-hydrogen) atoms. The van der Waals surface area contributed by atoms with Gasteiger partial charge in [0.2, 0.25) is 0 Å². The molecule has 0 amide bonds. The Hall–Kier alpha value is -4.54. The predicted octanol–water partition coefficient (Wildman–Crippen LogP) is 7.86. The molecule has 0 spiro atoms. The molecular formula is C32H26FN5O2S2. The molecule has 0 bridgehead atoms. The Morgan fingerprint density at radius 3 is 2.19 bits per heavy atom. The number of anilines is 1. The summed E-state index contributed by atoms with van der Waals surface area (Å²) >= 11 is 7.45. The van der Waals surface area contributed by atoms with Gasteiger partial charge in [0, 0.05) is 50.9 Å². The second-order valence-corrected chi connectivity index (χ2v) is 11.5. The monoisotopic (exact) mass is 595 g/mol. The van der Waals surface area contributed by atoms with Crippen LogP contribution >= 0.6 is 24.0 Å². The van der Waals surface area contributed by atoms with Crippen LogP contribution < -0.4 is 10.2 Å². The number of nitro benzene ring substituents is 1. The van der Waals surface area contributed by atoms with Gasteiger partial charge in [-0.05, 0) is 110 Å². The smallest absolute Gasteiger partial charge is 0.269 e. The lowest BCUT2D eigenvalue weighted by Gasteiger charge is -2.28. The summed E-state index contributed by atoms with van der Waals surface area (Å²) in [5.74, 6) is -0.275. The van der Waals surface area contributed by atoms with Gasteiger partial charge in [-0.2, -0.15) is 0 Å². The molecule has 2 atom stereocenters. The molecule has 1 N–H and O–H groups in total. The highest BCUT2D eigenvalue weighted by Crippen LogP contribution is 2.44. The standard InChI is InChI=1S/C32H26FN5O2S2/c1-20-19-28(21(2)36(20)23-8-6-22(33)7-9-23)31-30(29-5-3-4-18-34-29)35-32(41)37(31)24-10-14-26(15-11-24)42-27-16-12-25(13-17-27)38(39)40/h3-19,30-31H,1-2H3,(H,35,41)/t30-,31-/m0/s1. The Balaban J connectivity index is 1.37. The third-order valence-corrected chi connectivity index (χ3v) is 8.70. The van der Waals surface area contributed by atoms with Crippen molar-refractivity contribution in [3.63, 3.8) is 0 Å². The number of nitrogens with one attached hydrogen (secondary N) is 1. The average molecular weight is 596 g/mol. The first-order valence-corrected chi connectivity index (χ1v) is 14.5. The summed E-state index contributed by atoms with van der Waals surface area (Å²) in [5.41, 5.74) is 5.91. The second kappa shape index (κ2) is 11.4. The number of nitro groups is 1. The molecule has 5 aromatic rings. The molecule has 10 heteroatoms. The van der Waals surface area contributed by atoms with Crippen LogP contribution in [0.25, 0.3) is 5.69 Å². The summed E-state index contributed by atoms with van der Waals surface area (Å²) < 4.78 is 15.8. The van der Waals surface area contributed by atoms with E-state index in [9.17, 15) is 14.5 Å². The van der Waals surface area contributed by atoms with Crippen LogP contribution in [0.3, 0.4) is 0 Å². The van der Waals surface area contributed by atoms with Gasteiger partial charge in [-0.25, -0.2) is 4.39 Å². The van der Waals surface area contributed by atoms with Crippen LogP contribution in [0.2, 0.25) is 0 Å². The minimum absolute atomic E-state index is 0.0667. The van der Waals surface area contributed by atoms with Crippen molar-refractivity contribution in [2.24, 2.45) is 0 Å². The quantitative estimate of drug-likeness (QED) is 0.117. The number of aromatic nitrogens is 2. The lowest BCUT2D eigenvalue weighted by atomic mass is 9.96. The fourth-order valence-corrected chi connectivity index (χ4v) is 6.63. The molecule has 0 aliphatic carbocycles. The molecule has 2 aromatic heterocycles. The third-order valence-electron chi connectivity index (χ3n) is 7.37. The van der Waals surface area contributed by atoms with Gasteiger partial charge in [-0.3, -0.25) is 15.1 Å². The number of nitrogens with zero attached hydrogens (tertiary/aromatic N) is 4. The number of pyridine rings is 1. The zero-order valence-electron chi connectivity index (χ0n) is 22.8. The van der Waals surface area contributed by atoms with Crippen LogP contribution in [-0.4, -0.2) is 19.6 Å². The Morgan fingerprint density at radius 2 is 1.57 bits per heavy atom. The van der Waals surface area contributed by atoms with Crippen LogP contribution in [0.1, 0.15) is 34.7 Å². The summed E-state index contributed by atoms with van der Waals surface area (Å²) in [4.78, 5) is 19.3. The van der Waals surface area contributed by atoms with Crippen molar-refractivity contribution in [1.29, 1.82) is 0 Å². The van der Waals surface area contributed by atoms with Crippen molar-refractivity contribution in [3.8, 4) is 5.69 Å². The van der Waals surface area contributed by atoms with Gasteiger partial charge in [0.1, 0.15) is 5.82 Å². The number of hydrogen-bond acceptors (Lipinski definition) is 5. The van der Waals surface area contributed by atoms with Gasteiger partial charge < -0.3 is 14.8 Å². The first kappa shape index (κ1) is 27.6. The van der Waals surface area contributed by atoms with E-state index in [0.29, 0.717) is 5.11 Å². The number of hydrogen-bond donors (Lipinski definition) is 1. The van der Waals surface area contributed by atoms with Crippen LogP contribution in [-0.2, 0) is 0 Å². The molecule has 3 aromatic carbocycles. The Bertz CT molecular complexity index is 1760. The van der Waals surface area contributed by atoms with Crippen molar-refractivity contribution in [1.82, 2.24) is 14.9 Å². The van der Waals surface area contributed by atoms with E-state index in [1.54, 1.807) is 30.5 Å². The Kier molecular flexibility index (Phi) is 7.49. The zero-order valence-corrected chi connectivity index (χ0v) is 24.4. The topological polar surface area (TPSA) is 76.2 Å². The summed E-state index contributed by atoms with van der Waals surface area (Å²) in [6, 6.07) is 28.8. The van der Waals surface area contributed by atoms with Crippen LogP contribution in [0.4, 0.5) is 15.8 Å². The first-order valence-electron chi connectivity index (χ1n) is 13.3. The summed E-state index contributed by atoms with van der Waals surface area (Å²) in [7, 11) is 0. The summed E-state index contributed by atoms with van der Waals surface area (Å²) in [6.07, 6.45) is 1.78. The largest absolute Gasteiger partial charge is 0.351 e. The highest BCUT2D eigenvalue weighted by atomic mass is 32.2. The normalized spacial score (nSPS) is 16.5. The van der Waals surface area contributed by atoms with Crippen LogP contribution in [0.5, 0.6) is 0 Å². The van der Waals surface area contributed by atoms with E-state index in [4.69, 9.17) is 12.2 Å². The first-order chi connectivity index (χ1) is 20.3. The molecular weight excluding hydrogens is 570 g/mol. The highest BCUT2D eigenvalue weighted by Gasteiger charge is 2.42. The van der Waals surface area contributed by atoms with Crippen molar-refractivity contribution < 1.29 is 9.31 Å². The van der Waals surface area contributed by atoms with E-state index < -0.39 is 4.92 Å². The maximum absolute atomic E-state index is 13.7. The maximum atomic E-state index is 13.7. The van der Waals surface area contributed by atoms with Gasteiger partial charge in [-0.15, -0.1) is 0 Å². The Labute approximate surface area is 252 Å². The van der Waals surface area contributed by atoms with Gasteiger partial charge in [-0.1, -0.05) is 17.8 Å². The van der Waals surface area contributed by atoms with E-state index in [0.717, 1.165) is 43.8 Å². The molecule has 3 heterocycles. The molecule has 210 valence electrons. The van der Waals surface area contributed by atoms with E-state index in [1.807, 2.05) is 49.4 Å². The van der Waals surface area contributed by atoms with Crippen molar-refractivity contribution >= 4 is 40.5 Å². The van der Waals surface area contributed by atoms with Gasteiger partial charge in [0.05, 0.1) is 22.7 Å². The minimum Gasteiger partial charge on any atom is -0.351 e. The number of benzene rings is 3. The van der Waals surface area contributed by atoms with Gasteiger partial charge >= 0.3 is 0 Å². The van der Waals surface area contributed by atoms with Crippen LogP contribution in [0, 0.1) is 29.8 Å². The van der Waals surface area contributed by atoms with Gasteiger partial charge in [0.25, 0.3) is 5.69 Å². The second-order valence-electron chi connectivity index (χ2n) is 9.98. The molecule has 7 nitrogen and oxygen atoms in total. The predicted molar refractivity (Wildman–Crippen MR) is 167 cm³/mol. The lowest BCUT2D eigenvalue weighted by Crippen LogP contribution is -2.29. The third kappa shape index (κ3) is 5.26. The number of thiocarbonyl (C=S) groups is 1. The number of halogens is 1. The molecule has 1 aliphatic rings. The van der Waals surface area contributed by atoms with Crippen molar-refractivity contribution in [3.05, 3.63) is 142 Å². The molecule has 1 aliphatic heterocycles. The van der Waals surface area contributed by atoms with Crippen molar-refractivity contribution in [2.45, 2.75) is 35.7 Å². The fraction of sp³-hybridized carbons (Fsp3) is 0.125. The Morgan fingerprint density at radius 1 is 0.929 bits per heavy atom. The average Bonchev–Trinajstić information content (AvgIpc) is 3.49. The molecule has 1 saturated heterocycles. The number of rotatable bonds is 7. The van der Waals surface area contributed by atoms with Crippen LogP contribution in [0.15, 0.2) is 113 Å². The molecule has 1 fully saturated rings. The SMILES string of the molecule is Cc1cc([C@H]2[C@H](c3ccccn3)NC(=S)N2c2ccc(Sc3ccc([N+](=O)[O-])cc3)cc2)c(C)n1-c1ccc(F)cc1. The summed E-state index contributed by atoms with van der Waals surface area (Å²) in [6.45, 7) is 4.12.